The fourth-order valence-corrected chi connectivity index (χ4v) is 7.56. The summed E-state index contributed by atoms with van der Waals surface area (Å²) < 4.78 is 28.6. The topological polar surface area (TPSA) is 113 Å². The maximum atomic E-state index is 16.9. The Morgan fingerprint density at radius 3 is 2.72 bits per heavy atom. The van der Waals surface area contributed by atoms with Gasteiger partial charge in [-0.05, 0) is 88.9 Å². The molecular formula is C34H45ClFN7O3. The number of unbranched alkanes of at least 4 members (excludes halogenated alkanes) is 1. The van der Waals surface area contributed by atoms with Gasteiger partial charge in [0.05, 0.1) is 28.7 Å². The van der Waals surface area contributed by atoms with E-state index < -0.39 is 5.82 Å². The van der Waals surface area contributed by atoms with E-state index in [0.717, 1.165) is 75.4 Å². The first-order chi connectivity index (χ1) is 22.3. The van der Waals surface area contributed by atoms with Gasteiger partial charge >= 0.3 is 6.01 Å². The maximum absolute atomic E-state index is 16.9. The molecule has 0 radical (unpaired) electrons. The van der Waals surface area contributed by atoms with Crippen LogP contribution in [0.1, 0.15) is 70.3 Å². The Kier molecular flexibility index (Phi) is 10.2. The zero-order chi connectivity index (χ0) is 32.3. The van der Waals surface area contributed by atoms with E-state index in [-0.39, 0.29) is 28.9 Å². The molecule has 12 heteroatoms. The van der Waals surface area contributed by atoms with E-state index in [4.69, 9.17) is 36.0 Å². The van der Waals surface area contributed by atoms with E-state index in [9.17, 15) is 5.11 Å². The molecule has 6 rings (SSSR count). The zero-order valence-corrected chi connectivity index (χ0v) is 27.9. The van der Waals surface area contributed by atoms with Crippen LogP contribution in [0.4, 0.5) is 10.2 Å². The first-order valence-corrected chi connectivity index (χ1v) is 17.0. The number of aliphatic hydroxyl groups excluding tert-OH is 1. The van der Waals surface area contributed by atoms with Gasteiger partial charge in [-0.3, -0.25) is 15.0 Å². The molecular weight excluding hydrogens is 609 g/mol. The molecule has 4 aromatic rings. The van der Waals surface area contributed by atoms with Gasteiger partial charge in [-0.15, -0.1) is 0 Å². The fraction of sp³-hybridized carbons (Fsp3) is 0.588. The lowest BCUT2D eigenvalue weighted by molar-refractivity contribution is 0.108. The van der Waals surface area contributed by atoms with Crippen LogP contribution in [0.5, 0.6) is 6.01 Å². The van der Waals surface area contributed by atoms with E-state index in [1.165, 1.54) is 0 Å². The van der Waals surface area contributed by atoms with Crippen molar-refractivity contribution in [1.29, 1.82) is 0 Å². The number of anilines is 1. The number of hydrogen-bond donors (Lipinski definition) is 2. The summed E-state index contributed by atoms with van der Waals surface area (Å²) in [6, 6.07) is 1.99. The van der Waals surface area contributed by atoms with Crippen LogP contribution in [0.15, 0.2) is 18.5 Å². The number of ether oxygens (including phenoxy) is 2. The summed E-state index contributed by atoms with van der Waals surface area (Å²) in [6.45, 7) is 5.86. The molecule has 5 heterocycles. The van der Waals surface area contributed by atoms with E-state index >= 15 is 4.39 Å². The molecule has 2 N–H and O–H groups in total. The molecule has 0 aliphatic carbocycles. The molecule has 1 atom stereocenters. The highest BCUT2D eigenvalue weighted by atomic mass is 35.5. The van der Waals surface area contributed by atoms with Crippen molar-refractivity contribution in [2.24, 2.45) is 0 Å². The number of H-pyrrole nitrogens is 1. The molecule has 0 bridgehead atoms. The number of benzene rings is 1. The average molecular weight is 654 g/mol. The first kappa shape index (κ1) is 32.8. The highest BCUT2D eigenvalue weighted by Crippen LogP contribution is 2.41. The van der Waals surface area contributed by atoms with Crippen molar-refractivity contribution >= 4 is 39.2 Å². The number of hydrogen-bond acceptors (Lipinski definition) is 9. The van der Waals surface area contributed by atoms with Crippen LogP contribution >= 0.6 is 11.6 Å². The number of rotatable bonds is 15. The smallest absolute Gasteiger partial charge is 0.319 e. The standard InChI is InChI=1S/C34H45ClFN7O3/c1-4-22(44)10-5-6-14-42(2)32-25-19-37-31(28-23(11-7-17-45-3)26(35)18-27-24(28)20-38-41-27)29(36)30(25)39-33(40-32)46-21-34-12-8-15-43(34)16-9-13-34/h18-20,22,44H,4-17,21H2,1-3H3,(H,38,41). The monoisotopic (exact) mass is 653 g/mol. The molecule has 2 saturated heterocycles. The Bertz CT molecular complexity index is 1660. The van der Waals surface area contributed by atoms with Gasteiger partial charge in [0.2, 0.25) is 0 Å². The molecule has 0 spiro atoms. The Morgan fingerprint density at radius 2 is 1.96 bits per heavy atom. The maximum Gasteiger partial charge on any atom is 0.319 e. The molecule has 248 valence electrons. The van der Waals surface area contributed by atoms with E-state index in [2.05, 4.69) is 15.1 Å². The summed E-state index contributed by atoms with van der Waals surface area (Å²) in [5.74, 6) is 0.0193. The first-order valence-electron chi connectivity index (χ1n) is 16.6. The van der Waals surface area contributed by atoms with E-state index in [0.29, 0.717) is 59.9 Å². The van der Waals surface area contributed by atoms with Gasteiger partial charge in [-0.1, -0.05) is 18.5 Å². The molecule has 2 aliphatic rings. The van der Waals surface area contributed by atoms with Crippen LogP contribution in [0.2, 0.25) is 5.02 Å². The van der Waals surface area contributed by atoms with Gasteiger partial charge < -0.3 is 19.5 Å². The number of aromatic nitrogens is 5. The van der Waals surface area contributed by atoms with Crippen LogP contribution in [0.3, 0.4) is 0 Å². The summed E-state index contributed by atoms with van der Waals surface area (Å²) >= 11 is 6.78. The summed E-state index contributed by atoms with van der Waals surface area (Å²) in [6.07, 6.45) is 12.0. The molecule has 1 aromatic carbocycles. The molecule has 2 fully saturated rings. The number of pyridine rings is 1. The number of aromatic amines is 1. The third-order valence-electron chi connectivity index (χ3n) is 9.85. The largest absolute Gasteiger partial charge is 0.461 e. The van der Waals surface area contributed by atoms with Gasteiger partial charge in [0.1, 0.15) is 23.6 Å². The van der Waals surface area contributed by atoms with Crippen LogP contribution in [-0.2, 0) is 11.2 Å². The predicted octanol–water partition coefficient (Wildman–Crippen LogP) is 6.32. The second-order valence-electron chi connectivity index (χ2n) is 12.8. The Balaban J connectivity index is 1.41. The lowest BCUT2D eigenvalue weighted by Gasteiger charge is -2.31. The highest BCUT2D eigenvalue weighted by molar-refractivity contribution is 6.33. The molecule has 0 saturated carbocycles. The van der Waals surface area contributed by atoms with Gasteiger partial charge in [0.25, 0.3) is 0 Å². The number of methoxy groups -OCH3 is 1. The third kappa shape index (κ3) is 6.52. The summed E-state index contributed by atoms with van der Waals surface area (Å²) in [7, 11) is 3.60. The summed E-state index contributed by atoms with van der Waals surface area (Å²) in [5, 5.41) is 19.0. The second-order valence-corrected chi connectivity index (χ2v) is 13.2. The van der Waals surface area contributed by atoms with Gasteiger partial charge in [-0.25, -0.2) is 4.39 Å². The quantitative estimate of drug-likeness (QED) is 0.142. The molecule has 1 unspecified atom stereocenters. The second kappa shape index (κ2) is 14.3. The molecule has 10 nitrogen and oxygen atoms in total. The SMILES string of the molecule is CCC(O)CCCCN(C)c1nc(OCC23CCCN2CCC3)nc2c(F)c(-c3c(CCCOC)c(Cl)cc4[nH]ncc34)ncc12. The normalized spacial score (nSPS) is 16.8. The van der Waals surface area contributed by atoms with E-state index in [1.54, 1.807) is 19.5 Å². The van der Waals surface area contributed by atoms with Crippen molar-refractivity contribution in [2.75, 3.05) is 51.9 Å². The van der Waals surface area contributed by atoms with Gasteiger partial charge in [-0.2, -0.15) is 15.1 Å². The van der Waals surface area contributed by atoms with Crippen molar-refractivity contribution in [2.45, 2.75) is 82.8 Å². The molecule has 46 heavy (non-hydrogen) atoms. The minimum atomic E-state index is -0.551. The lowest BCUT2D eigenvalue weighted by Crippen LogP contribution is -2.43. The highest BCUT2D eigenvalue weighted by Gasteiger charge is 2.45. The summed E-state index contributed by atoms with van der Waals surface area (Å²) in [5.41, 5.74) is 2.41. The molecule has 3 aromatic heterocycles. The number of halogens is 2. The lowest BCUT2D eigenvalue weighted by atomic mass is 9.95. The zero-order valence-electron chi connectivity index (χ0n) is 27.1. The van der Waals surface area contributed by atoms with Crippen molar-refractivity contribution in [1.82, 2.24) is 30.0 Å². The Morgan fingerprint density at radius 1 is 1.15 bits per heavy atom. The Hall–Kier alpha value is -3.12. The van der Waals surface area contributed by atoms with Crippen molar-refractivity contribution < 1.29 is 19.0 Å². The number of nitrogens with zero attached hydrogens (tertiary/aromatic N) is 6. The van der Waals surface area contributed by atoms with Crippen LogP contribution < -0.4 is 9.64 Å². The van der Waals surface area contributed by atoms with Crippen molar-refractivity contribution in [3.63, 3.8) is 0 Å². The molecule has 2 aliphatic heterocycles. The van der Waals surface area contributed by atoms with Gasteiger partial charge in [0, 0.05) is 49.5 Å². The number of fused-ring (bicyclic) bond motifs is 3. The van der Waals surface area contributed by atoms with Crippen LogP contribution in [0.25, 0.3) is 33.1 Å². The number of nitrogens with one attached hydrogen (secondary N) is 1. The average Bonchev–Trinajstić information content (AvgIpc) is 3.79. The fourth-order valence-electron chi connectivity index (χ4n) is 7.26. The Labute approximate surface area is 274 Å². The van der Waals surface area contributed by atoms with Crippen molar-refractivity contribution in [3.05, 3.63) is 34.9 Å². The number of aliphatic hydroxyl groups is 1. The van der Waals surface area contributed by atoms with Crippen LogP contribution in [0, 0.1) is 5.82 Å². The minimum absolute atomic E-state index is 0.00275. The van der Waals surface area contributed by atoms with Crippen molar-refractivity contribution in [3.8, 4) is 17.3 Å². The predicted molar refractivity (Wildman–Crippen MR) is 179 cm³/mol. The summed E-state index contributed by atoms with van der Waals surface area (Å²) in [4.78, 5) is 18.8. The van der Waals surface area contributed by atoms with Crippen LogP contribution in [-0.4, -0.2) is 93.8 Å². The third-order valence-corrected chi connectivity index (χ3v) is 10.2. The van der Waals surface area contributed by atoms with Gasteiger partial charge in [0.15, 0.2) is 5.82 Å². The molecule has 0 amide bonds. The minimum Gasteiger partial charge on any atom is -0.461 e. The van der Waals surface area contributed by atoms with E-state index in [1.807, 2.05) is 24.9 Å².